The highest BCUT2D eigenvalue weighted by Gasteiger charge is 2.13. The van der Waals surface area contributed by atoms with Crippen molar-refractivity contribution >= 4 is 35.8 Å². The molecule has 1 amide bonds. The van der Waals surface area contributed by atoms with Gasteiger partial charge in [0.2, 0.25) is 0 Å². The number of rotatable bonds is 7. The smallest absolute Gasteiger partial charge is 0.251 e. The summed E-state index contributed by atoms with van der Waals surface area (Å²) in [5.74, 6) is -0.786. The number of amides is 1. The first-order valence-electron chi connectivity index (χ1n) is 9.25. The first kappa shape index (κ1) is 24.8. The van der Waals surface area contributed by atoms with Crippen molar-refractivity contribution in [2.45, 2.75) is 26.3 Å². The minimum Gasteiger partial charge on any atom is -0.357 e. The Morgan fingerprint density at radius 1 is 1.17 bits per heavy atom. The van der Waals surface area contributed by atoms with E-state index in [2.05, 4.69) is 20.9 Å². The number of guanidine groups is 1. The van der Waals surface area contributed by atoms with Crippen molar-refractivity contribution in [2.75, 3.05) is 20.1 Å². The van der Waals surface area contributed by atoms with Gasteiger partial charge < -0.3 is 16.0 Å². The zero-order chi connectivity index (χ0) is 20.5. The predicted molar refractivity (Wildman–Crippen MR) is 123 cm³/mol. The molecule has 0 bridgehead atoms. The first-order valence-corrected chi connectivity index (χ1v) is 9.25. The molecular formula is C21H27F2IN4O. The lowest BCUT2D eigenvalue weighted by Crippen LogP contribution is -2.39. The minimum atomic E-state index is -0.604. The minimum absolute atomic E-state index is 0. The van der Waals surface area contributed by atoms with E-state index in [-0.39, 0.29) is 35.9 Å². The predicted octanol–water partition coefficient (Wildman–Crippen LogP) is 3.80. The van der Waals surface area contributed by atoms with Crippen molar-refractivity contribution in [1.82, 2.24) is 16.0 Å². The number of carbonyl (C=O) groups is 1. The standard InChI is InChI=1S/C21H26F2N4O.HI/c1-4-25-21(27-14(2)18-9-8-17(22)13-19(18)23)26-11-10-15-6-5-7-16(12-15)20(28)24-3;/h5-9,12-14H,4,10-11H2,1-3H3,(H,24,28)(H2,25,26,27);1H. The molecule has 3 N–H and O–H groups in total. The number of aliphatic imine (C=N–C) groups is 1. The quantitative estimate of drug-likeness (QED) is 0.298. The van der Waals surface area contributed by atoms with Crippen LogP contribution < -0.4 is 16.0 Å². The molecule has 0 saturated carbocycles. The lowest BCUT2D eigenvalue weighted by molar-refractivity contribution is 0.0963. The summed E-state index contributed by atoms with van der Waals surface area (Å²) in [5, 5.41) is 8.85. The highest BCUT2D eigenvalue weighted by molar-refractivity contribution is 14.0. The summed E-state index contributed by atoms with van der Waals surface area (Å²) in [5.41, 5.74) is 1.97. The molecular weight excluding hydrogens is 489 g/mol. The molecule has 0 radical (unpaired) electrons. The third-order valence-electron chi connectivity index (χ3n) is 4.21. The Hall–Kier alpha value is -2.23. The van der Waals surface area contributed by atoms with Crippen LogP contribution in [-0.4, -0.2) is 32.0 Å². The van der Waals surface area contributed by atoms with E-state index in [4.69, 9.17) is 0 Å². The van der Waals surface area contributed by atoms with Crippen LogP contribution >= 0.6 is 24.0 Å². The van der Waals surface area contributed by atoms with Crippen molar-refractivity contribution in [2.24, 2.45) is 4.99 Å². The Labute approximate surface area is 187 Å². The van der Waals surface area contributed by atoms with Gasteiger partial charge in [-0.2, -0.15) is 0 Å². The van der Waals surface area contributed by atoms with E-state index in [1.54, 1.807) is 20.0 Å². The van der Waals surface area contributed by atoms with Gasteiger partial charge in [-0.05, 0) is 44.0 Å². The second kappa shape index (κ2) is 12.4. The molecule has 29 heavy (non-hydrogen) atoms. The Kier molecular flexibility index (Phi) is 10.6. The average molecular weight is 516 g/mol. The molecule has 0 aliphatic heterocycles. The van der Waals surface area contributed by atoms with Gasteiger partial charge in [-0.3, -0.25) is 9.79 Å². The van der Waals surface area contributed by atoms with Crippen LogP contribution in [-0.2, 0) is 6.42 Å². The van der Waals surface area contributed by atoms with Crippen molar-refractivity contribution in [1.29, 1.82) is 0 Å². The average Bonchev–Trinajstić information content (AvgIpc) is 2.67. The van der Waals surface area contributed by atoms with Crippen molar-refractivity contribution in [3.05, 3.63) is 70.8 Å². The van der Waals surface area contributed by atoms with E-state index in [0.29, 0.717) is 36.6 Å². The summed E-state index contributed by atoms with van der Waals surface area (Å²) in [7, 11) is 1.60. The maximum atomic E-state index is 14.0. The molecule has 0 aliphatic carbocycles. The number of hydrogen-bond acceptors (Lipinski definition) is 2. The number of halogens is 3. The summed E-state index contributed by atoms with van der Waals surface area (Å²) in [6, 6.07) is 10.5. The Morgan fingerprint density at radius 2 is 1.93 bits per heavy atom. The Morgan fingerprint density at radius 3 is 2.59 bits per heavy atom. The molecule has 0 aliphatic rings. The van der Waals surface area contributed by atoms with E-state index in [9.17, 15) is 13.6 Å². The van der Waals surface area contributed by atoms with Crippen LogP contribution in [0.2, 0.25) is 0 Å². The zero-order valence-electron chi connectivity index (χ0n) is 16.8. The molecule has 8 heteroatoms. The van der Waals surface area contributed by atoms with Crippen LogP contribution in [0.15, 0.2) is 47.5 Å². The van der Waals surface area contributed by atoms with Gasteiger partial charge in [0.05, 0.1) is 6.04 Å². The number of nitrogens with zero attached hydrogens (tertiary/aromatic N) is 1. The summed E-state index contributed by atoms with van der Waals surface area (Å²) >= 11 is 0. The maximum Gasteiger partial charge on any atom is 0.251 e. The van der Waals surface area contributed by atoms with Crippen LogP contribution in [0.3, 0.4) is 0 Å². The van der Waals surface area contributed by atoms with Gasteiger partial charge in [-0.15, -0.1) is 24.0 Å². The molecule has 2 aromatic carbocycles. The van der Waals surface area contributed by atoms with Crippen molar-refractivity contribution < 1.29 is 13.6 Å². The molecule has 0 spiro atoms. The van der Waals surface area contributed by atoms with E-state index in [1.165, 1.54) is 12.1 Å². The van der Waals surface area contributed by atoms with Gasteiger partial charge in [-0.25, -0.2) is 8.78 Å². The number of carbonyl (C=O) groups excluding carboxylic acids is 1. The van der Waals surface area contributed by atoms with Crippen molar-refractivity contribution in [3.8, 4) is 0 Å². The fourth-order valence-electron chi connectivity index (χ4n) is 2.76. The maximum absolute atomic E-state index is 14.0. The first-order chi connectivity index (χ1) is 13.4. The number of nitrogens with one attached hydrogen (secondary N) is 3. The monoisotopic (exact) mass is 516 g/mol. The SMILES string of the molecule is CCNC(=NCCc1cccc(C(=O)NC)c1)NC(C)c1ccc(F)cc1F.I. The highest BCUT2D eigenvalue weighted by Crippen LogP contribution is 2.17. The second-order valence-corrected chi connectivity index (χ2v) is 6.32. The Bertz CT molecular complexity index is 845. The molecule has 2 aromatic rings. The molecule has 1 unspecified atom stereocenters. The molecule has 2 rings (SSSR count). The molecule has 0 fully saturated rings. The van der Waals surface area contributed by atoms with Crippen LogP contribution in [0.4, 0.5) is 8.78 Å². The van der Waals surface area contributed by atoms with Crippen LogP contribution in [0.25, 0.3) is 0 Å². The molecule has 1 atom stereocenters. The fraction of sp³-hybridized carbons (Fsp3) is 0.333. The topological polar surface area (TPSA) is 65.5 Å². The third-order valence-corrected chi connectivity index (χ3v) is 4.21. The van der Waals surface area contributed by atoms with Crippen molar-refractivity contribution in [3.63, 3.8) is 0 Å². The second-order valence-electron chi connectivity index (χ2n) is 6.32. The molecule has 0 saturated heterocycles. The van der Waals surface area contributed by atoms with Gasteiger partial charge in [0.15, 0.2) is 5.96 Å². The summed E-state index contributed by atoms with van der Waals surface area (Å²) in [6.07, 6.45) is 0.653. The lowest BCUT2D eigenvalue weighted by Gasteiger charge is -2.18. The van der Waals surface area contributed by atoms with Gasteiger partial charge in [0.25, 0.3) is 5.91 Å². The Balaban J connectivity index is 0.00000420. The molecule has 0 heterocycles. The van der Waals surface area contributed by atoms with E-state index < -0.39 is 11.6 Å². The van der Waals surface area contributed by atoms with Gasteiger partial charge >= 0.3 is 0 Å². The number of benzene rings is 2. The lowest BCUT2D eigenvalue weighted by atomic mass is 10.1. The fourth-order valence-corrected chi connectivity index (χ4v) is 2.76. The summed E-state index contributed by atoms with van der Waals surface area (Å²) < 4.78 is 27.1. The largest absolute Gasteiger partial charge is 0.357 e. The van der Waals surface area contributed by atoms with Gasteiger partial charge in [0, 0.05) is 37.3 Å². The summed E-state index contributed by atoms with van der Waals surface area (Å²) in [4.78, 5) is 16.2. The third kappa shape index (κ3) is 7.60. The molecule has 158 valence electrons. The van der Waals surface area contributed by atoms with Crippen LogP contribution in [0.1, 0.15) is 41.4 Å². The molecule has 0 aromatic heterocycles. The zero-order valence-corrected chi connectivity index (χ0v) is 19.1. The van der Waals surface area contributed by atoms with E-state index in [0.717, 1.165) is 11.6 Å². The highest BCUT2D eigenvalue weighted by atomic mass is 127. The number of hydrogen-bond donors (Lipinski definition) is 3. The van der Waals surface area contributed by atoms with E-state index >= 15 is 0 Å². The normalized spacial score (nSPS) is 12.0. The van der Waals surface area contributed by atoms with Gasteiger partial charge in [-0.1, -0.05) is 18.2 Å². The molecule has 5 nitrogen and oxygen atoms in total. The van der Waals surface area contributed by atoms with Gasteiger partial charge in [0.1, 0.15) is 11.6 Å². The van der Waals surface area contributed by atoms with E-state index in [1.807, 2.05) is 25.1 Å². The van der Waals surface area contributed by atoms with Crippen LogP contribution in [0, 0.1) is 11.6 Å². The summed E-state index contributed by atoms with van der Waals surface area (Å²) in [6.45, 7) is 4.87. The van der Waals surface area contributed by atoms with Crippen LogP contribution in [0.5, 0.6) is 0 Å².